The molecule has 1 unspecified atom stereocenters. The topological polar surface area (TPSA) is 88.0 Å². The van der Waals surface area contributed by atoms with Crippen molar-refractivity contribution >= 4 is 17.7 Å². The Labute approximate surface area is 119 Å². The molecule has 0 aliphatic rings. The molecule has 0 bridgehead atoms. The van der Waals surface area contributed by atoms with Crippen molar-refractivity contribution in [3.05, 3.63) is 46.4 Å². The van der Waals surface area contributed by atoms with E-state index in [1.807, 2.05) is 19.9 Å². The molecule has 2 aromatic rings. The summed E-state index contributed by atoms with van der Waals surface area (Å²) in [6.07, 6.45) is 0. The van der Waals surface area contributed by atoms with Crippen molar-refractivity contribution < 1.29 is 9.90 Å². The Morgan fingerprint density at radius 2 is 2.00 bits per heavy atom. The summed E-state index contributed by atoms with van der Waals surface area (Å²) in [4.78, 5) is 23.1. The molecule has 0 saturated carbocycles. The Morgan fingerprint density at radius 1 is 1.35 bits per heavy atom. The van der Waals surface area contributed by atoms with E-state index in [1.54, 1.807) is 24.3 Å². The van der Waals surface area contributed by atoms with Gasteiger partial charge in [-0.3, -0.25) is 9.36 Å². The summed E-state index contributed by atoms with van der Waals surface area (Å²) in [7, 11) is 0. The third-order valence-corrected chi connectivity index (χ3v) is 3.95. The van der Waals surface area contributed by atoms with Crippen LogP contribution < -0.4 is 5.69 Å². The standard InChI is InChI=1S/C13H15N3O3S/c1-8(2)16-12(19)14-15-13(16)20-10(11(17)18)9-6-4-3-5-7-9/h3-8,10H,1-2H3,(H,14,19)(H,17,18). The highest BCUT2D eigenvalue weighted by Crippen LogP contribution is 2.34. The van der Waals surface area contributed by atoms with Crippen LogP contribution in [0.2, 0.25) is 0 Å². The molecule has 1 aromatic heterocycles. The van der Waals surface area contributed by atoms with Gasteiger partial charge in [0.1, 0.15) is 5.25 Å². The lowest BCUT2D eigenvalue weighted by molar-refractivity contribution is -0.136. The molecule has 6 nitrogen and oxygen atoms in total. The molecule has 0 fully saturated rings. The minimum Gasteiger partial charge on any atom is -0.480 e. The number of carbonyl (C=O) groups is 1. The molecule has 1 aromatic carbocycles. The lowest BCUT2D eigenvalue weighted by Crippen LogP contribution is -2.20. The zero-order valence-corrected chi connectivity index (χ0v) is 11.9. The number of rotatable bonds is 5. The zero-order valence-electron chi connectivity index (χ0n) is 11.1. The molecule has 0 radical (unpaired) electrons. The van der Waals surface area contributed by atoms with Crippen LogP contribution in [0.1, 0.15) is 30.7 Å². The average Bonchev–Trinajstić information content (AvgIpc) is 2.77. The Balaban J connectivity index is 2.35. The number of H-pyrrole nitrogens is 1. The molecule has 2 rings (SSSR count). The van der Waals surface area contributed by atoms with Gasteiger partial charge < -0.3 is 5.11 Å². The van der Waals surface area contributed by atoms with Gasteiger partial charge in [-0.1, -0.05) is 42.1 Å². The molecule has 0 saturated heterocycles. The summed E-state index contributed by atoms with van der Waals surface area (Å²) >= 11 is 1.05. The molecule has 0 aliphatic heterocycles. The van der Waals surface area contributed by atoms with E-state index < -0.39 is 11.2 Å². The van der Waals surface area contributed by atoms with E-state index in [1.165, 1.54) is 4.57 Å². The van der Waals surface area contributed by atoms with Crippen molar-refractivity contribution in [3.8, 4) is 0 Å². The summed E-state index contributed by atoms with van der Waals surface area (Å²) < 4.78 is 1.45. The number of carboxylic acid groups (broad SMARTS) is 1. The molecule has 0 aliphatic carbocycles. The molecule has 0 spiro atoms. The summed E-state index contributed by atoms with van der Waals surface area (Å²) in [5.41, 5.74) is 0.329. The van der Waals surface area contributed by atoms with Crippen LogP contribution in [-0.2, 0) is 4.79 Å². The van der Waals surface area contributed by atoms with Crippen molar-refractivity contribution in [3.63, 3.8) is 0 Å². The quantitative estimate of drug-likeness (QED) is 0.824. The lowest BCUT2D eigenvalue weighted by Gasteiger charge is -2.13. The summed E-state index contributed by atoms with van der Waals surface area (Å²) in [5, 5.41) is 15.2. The Hall–Kier alpha value is -2.02. The second-order valence-electron chi connectivity index (χ2n) is 4.52. The van der Waals surface area contributed by atoms with Gasteiger partial charge in [0.25, 0.3) is 0 Å². The number of hydrogen-bond donors (Lipinski definition) is 2. The van der Waals surface area contributed by atoms with Crippen LogP contribution in [0.15, 0.2) is 40.3 Å². The highest BCUT2D eigenvalue weighted by molar-refractivity contribution is 8.00. The normalized spacial score (nSPS) is 12.6. The van der Waals surface area contributed by atoms with Crippen LogP contribution in [0.25, 0.3) is 0 Å². The van der Waals surface area contributed by atoms with Crippen LogP contribution in [0, 0.1) is 0 Å². The highest BCUT2D eigenvalue weighted by atomic mass is 32.2. The smallest absolute Gasteiger partial charge is 0.344 e. The minimum absolute atomic E-state index is 0.0889. The van der Waals surface area contributed by atoms with E-state index in [0.717, 1.165) is 11.8 Å². The first kappa shape index (κ1) is 14.4. The van der Waals surface area contributed by atoms with Gasteiger partial charge in [-0.05, 0) is 19.4 Å². The molecule has 1 atom stereocenters. The Kier molecular flexibility index (Phi) is 4.29. The van der Waals surface area contributed by atoms with Crippen LogP contribution in [0.4, 0.5) is 0 Å². The van der Waals surface area contributed by atoms with Gasteiger partial charge in [-0.2, -0.15) is 0 Å². The van der Waals surface area contributed by atoms with Gasteiger partial charge in [-0.15, -0.1) is 5.10 Å². The predicted octanol–water partition coefficient (Wildman–Crippen LogP) is 2.07. The zero-order chi connectivity index (χ0) is 14.7. The molecule has 7 heteroatoms. The molecule has 2 N–H and O–H groups in total. The fourth-order valence-electron chi connectivity index (χ4n) is 1.82. The van der Waals surface area contributed by atoms with Crippen molar-refractivity contribution in [2.24, 2.45) is 0 Å². The number of nitrogens with zero attached hydrogens (tertiary/aromatic N) is 2. The summed E-state index contributed by atoms with van der Waals surface area (Å²) in [5.74, 6) is -0.966. The number of aliphatic carboxylic acids is 1. The van der Waals surface area contributed by atoms with Crippen molar-refractivity contribution in [1.29, 1.82) is 0 Å². The van der Waals surface area contributed by atoms with Crippen molar-refractivity contribution in [2.45, 2.75) is 30.3 Å². The fraction of sp³-hybridized carbons (Fsp3) is 0.308. The molecule has 1 heterocycles. The number of aromatic amines is 1. The third kappa shape index (κ3) is 2.93. The molecule has 20 heavy (non-hydrogen) atoms. The SMILES string of the molecule is CC(C)n1c(SC(C(=O)O)c2ccccc2)n[nH]c1=O. The van der Waals surface area contributed by atoms with Crippen molar-refractivity contribution in [2.75, 3.05) is 0 Å². The lowest BCUT2D eigenvalue weighted by atomic mass is 10.1. The maximum atomic E-state index is 11.7. The Morgan fingerprint density at radius 3 is 2.55 bits per heavy atom. The predicted molar refractivity (Wildman–Crippen MR) is 75.9 cm³/mol. The molecule has 0 amide bonds. The number of thioether (sulfide) groups is 1. The summed E-state index contributed by atoms with van der Waals surface area (Å²) in [6, 6.07) is 8.80. The van der Waals surface area contributed by atoms with E-state index in [-0.39, 0.29) is 11.7 Å². The number of carboxylic acids is 1. The number of aromatic nitrogens is 3. The summed E-state index contributed by atoms with van der Waals surface area (Å²) in [6.45, 7) is 3.69. The van der Waals surface area contributed by atoms with Crippen LogP contribution in [0.5, 0.6) is 0 Å². The van der Waals surface area contributed by atoms with Gasteiger partial charge in [0, 0.05) is 6.04 Å². The monoisotopic (exact) mass is 293 g/mol. The van der Waals surface area contributed by atoms with Crippen LogP contribution in [0.3, 0.4) is 0 Å². The largest absolute Gasteiger partial charge is 0.480 e. The Bertz CT molecular complexity index is 648. The number of nitrogens with one attached hydrogen (secondary N) is 1. The van der Waals surface area contributed by atoms with Gasteiger partial charge in [0.2, 0.25) is 0 Å². The second-order valence-corrected chi connectivity index (χ2v) is 5.59. The van der Waals surface area contributed by atoms with E-state index >= 15 is 0 Å². The van der Waals surface area contributed by atoms with Gasteiger partial charge in [-0.25, -0.2) is 9.89 Å². The average molecular weight is 293 g/mol. The molecule has 106 valence electrons. The van der Waals surface area contributed by atoms with Gasteiger partial charge >= 0.3 is 11.7 Å². The maximum absolute atomic E-state index is 11.7. The number of hydrogen-bond acceptors (Lipinski definition) is 4. The van der Waals surface area contributed by atoms with Crippen molar-refractivity contribution in [1.82, 2.24) is 14.8 Å². The third-order valence-electron chi connectivity index (χ3n) is 2.74. The highest BCUT2D eigenvalue weighted by Gasteiger charge is 2.25. The van der Waals surface area contributed by atoms with Crippen LogP contribution in [-0.4, -0.2) is 25.8 Å². The molecular weight excluding hydrogens is 278 g/mol. The first-order valence-corrected chi connectivity index (χ1v) is 7.00. The fourth-order valence-corrected chi connectivity index (χ4v) is 2.93. The van der Waals surface area contributed by atoms with E-state index in [9.17, 15) is 14.7 Å². The minimum atomic E-state index is -0.966. The van der Waals surface area contributed by atoms with Crippen LogP contribution >= 0.6 is 11.8 Å². The maximum Gasteiger partial charge on any atom is 0.344 e. The van der Waals surface area contributed by atoms with E-state index in [4.69, 9.17) is 0 Å². The van der Waals surface area contributed by atoms with E-state index in [2.05, 4.69) is 10.2 Å². The number of benzene rings is 1. The van der Waals surface area contributed by atoms with E-state index in [0.29, 0.717) is 10.7 Å². The van der Waals surface area contributed by atoms with Gasteiger partial charge in [0.05, 0.1) is 0 Å². The first-order chi connectivity index (χ1) is 9.50. The van der Waals surface area contributed by atoms with Gasteiger partial charge in [0.15, 0.2) is 5.16 Å². The second kappa shape index (κ2) is 5.96. The first-order valence-electron chi connectivity index (χ1n) is 6.12. The molecular formula is C13H15N3O3S.